The Morgan fingerprint density at radius 3 is 2.27 bits per heavy atom. The molecule has 0 aliphatic rings. The molecule has 0 aliphatic heterocycles. The van der Waals surface area contributed by atoms with Crippen LogP contribution in [0.25, 0.3) is 5.32 Å². The second-order valence-electron chi connectivity index (χ2n) is 2.49. The Morgan fingerprint density at radius 1 is 1.27 bits per heavy atom. The van der Waals surface area contributed by atoms with Gasteiger partial charge in [0.2, 0.25) is 0 Å². The normalized spacial score (nSPS) is 13.0. The van der Waals surface area contributed by atoms with E-state index in [9.17, 15) is 0 Å². The number of rotatable bonds is 2. The van der Waals surface area contributed by atoms with Crippen molar-refractivity contribution < 1.29 is 0 Å². The first-order valence-corrected chi connectivity index (χ1v) is 4.37. The van der Waals surface area contributed by atoms with E-state index in [1.54, 1.807) is 0 Å². The Hall–Kier alpha value is -0.340. The highest BCUT2D eigenvalue weighted by molar-refractivity contribution is 9.10. The van der Waals surface area contributed by atoms with E-state index in [0.29, 0.717) is 6.04 Å². The maximum absolute atomic E-state index is 4.17. The zero-order valence-corrected chi connectivity index (χ0v) is 8.30. The number of hydrogen-bond acceptors (Lipinski definition) is 0. The molecular formula is C9H11BrN-. The third-order valence-corrected chi connectivity index (χ3v) is 2.27. The van der Waals surface area contributed by atoms with Gasteiger partial charge in [-0.05, 0) is 12.1 Å². The van der Waals surface area contributed by atoms with Crippen LogP contribution in [0.1, 0.15) is 18.5 Å². The predicted molar refractivity (Wildman–Crippen MR) is 51.8 cm³/mol. The van der Waals surface area contributed by atoms with E-state index in [-0.39, 0.29) is 0 Å². The largest absolute Gasteiger partial charge is 0.659 e. The van der Waals surface area contributed by atoms with E-state index in [4.69, 9.17) is 0 Å². The smallest absolute Gasteiger partial charge is 0.0175 e. The van der Waals surface area contributed by atoms with Gasteiger partial charge in [-0.25, -0.2) is 0 Å². The van der Waals surface area contributed by atoms with Gasteiger partial charge < -0.3 is 5.32 Å². The van der Waals surface area contributed by atoms with Crippen molar-refractivity contribution in [3.8, 4) is 0 Å². The Morgan fingerprint density at radius 2 is 1.82 bits per heavy atom. The van der Waals surface area contributed by atoms with E-state index in [2.05, 4.69) is 40.3 Å². The molecule has 0 saturated carbocycles. The van der Waals surface area contributed by atoms with Crippen LogP contribution in [0, 0.1) is 0 Å². The van der Waals surface area contributed by atoms with Crippen molar-refractivity contribution in [1.29, 1.82) is 0 Å². The average molecular weight is 213 g/mol. The second kappa shape index (κ2) is 3.88. The Labute approximate surface area is 75.9 Å². The minimum atomic E-state index is 0.308. The lowest BCUT2D eigenvalue weighted by Crippen LogP contribution is -1.88. The fourth-order valence-corrected chi connectivity index (χ4v) is 1.15. The Bertz CT molecular complexity index is 218. The van der Waals surface area contributed by atoms with Gasteiger partial charge in [-0.1, -0.05) is 40.5 Å². The second-order valence-corrected chi connectivity index (χ2v) is 3.40. The molecule has 0 heterocycles. The topological polar surface area (TPSA) is 14.1 Å². The number of benzene rings is 1. The molecule has 0 amide bonds. The third kappa shape index (κ3) is 2.31. The third-order valence-electron chi connectivity index (χ3n) is 1.74. The molecule has 1 aromatic rings. The van der Waals surface area contributed by atoms with Crippen molar-refractivity contribution in [2.24, 2.45) is 0 Å². The summed E-state index contributed by atoms with van der Waals surface area (Å²) in [6, 6.07) is 8.56. The molecule has 1 atom stereocenters. The number of hydrogen-bond donors (Lipinski definition) is 0. The molecule has 2 heteroatoms. The van der Waals surface area contributed by atoms with Crippen LogP contribution in [0.15, 0.2) is 28.7 Å². The fourth-order valence-electron chi connectivity index (χ4n) is 0.890. The molecule has 0 saturated heterocycles. The Kier molecular flexibility index (Phi) is 3.09. The summed E-state index contributed by atoms with van der Waals surface area (Å²) in [5, 5.41) is 4.17. The highest BCUT2D eigenvalue weighted by Crippen LogP contribution is 2.21. The van der Waals surface area contributed by atoms with Gasteiger partial charge in [-0.15, -0.1) is 6.04 Å². The van der Waals surface area contributed by atoms with Crippen LogP contribution in [-0.2, 0) is 0 Å². The SMILES string of the molecule is C[N-]C(C)c1ccc(Br)cc1. The summed E-state index contributed by atoms with van der Waals surface area (Å²) in [6.07, 6.45) is 0. The van der Waals surface area contributed by atoms with E-state index < -0.39 is 0 Å². The molecular weight excluding hydrogens is 202 g/mol. The number of nitrogens with zero attached hydrogens (tertiary/aromatic N) is 1. The van der Waals surface area contributed by atoms with Crippen LogP contribution in [0.2, 0.25) is 0 Å². The molecule has 0 bridgehead atoms. The van der Waals surface area contributed by atoms with E-state index in [0.717, 1.165) is 4.47 Å². The summed E-state index contributed by atoms with van der Waals surface area (Å²) in [7, 11) is 1.84. The van der Waals surface area contributed by atoms with E-state index in [1.807, 2.05) is 19.2 Å². The molecule has 0 aliphatic carbocycles. The minimum absolute atomic E-state index is 0.308. The summed E-state index contributed by atoms with van der Waals surface area (Å²) in [5.41, 5.74) is 1.26. The van der Waals surface area contributed by atoms with Crippen LogP contribution < -0.4 is 0 Å². The van der Waals surface area contributed by atoms with Gasteiger partial charge in [0, 0.05) is 4.47 Å². The summed E-state index contributed by atoms with van der Waals surface area (Å²) < 4.78 is 1.12. The maximum atomic E-state index is 4.17. The zero-order valence-electron chi connectivity index (χ0n) is 6.71. The average Bonchev–Trinajstić information content (AvgIpc) is 2.05. The lowest BCUT2D eigenvalue weighted by atomic mass is 10.1. The summed E-state index contributed by atoms with van der Waals surface area (Å²) in [6.45, 7) is 2.09. The number of halogens is 1. The van der Waals surface area contributed by atoms with Crippen molar-refractivity contribution in [1.82, 2.24) is 0 Å². The fraction of sp³-hybridized carbons (Fsp3) is 0.333. The van der Waals surface area contributed by atoms with Crippen LogP contribution in [-0.4, -0.2) is 7.05 Å². The summed E-state index contributed by atoms with van der Waals surface area (Å²) in [4.78, 5) is 0. The first kappa shape index (κ1) is 8.75. The predicted octanol–water partition coefficient (Wildman–Crippen LogP) is 3.51. The monoisotopic (exact) mass is 212 g/mol. The quantitative estimate of drug-likeness (QED) is 0.713. The molecule has 0 spiro atoms. The molecule has 0 radical (unpaired) electrons. The van der Waals surface area contributed by atoms with E-state index >= 15 is 0 Å². The molecule has 1 rings (SSSR count). The van der Waals surface area contributed by atoms with Gasteiger partial charge >= 0.3 is 0 Å². The van der Waals surface area contributed by atoms with E-state index in [1.165, 1.54) is 5.56 Å². The van der Waals surface area contributed by atoms with Crippen LogP contribution >= 0.6 is 15.9 Å². The van der Waals surface area contributed by atoms with Crippen molar-refractivity contribution in [3.63, 3.8) is 0 Å². The summed E-state index contributed by atoms with van der Waals surface area (Å²) >= 11 is 3.39. The van der Waals surface area contributed by atoms with Crippen LogP contribution in [0.3, 0.4) is 0 Å². The lowest BCUT2D eigenvalue weighted by Gasteiger charge is -2.23. The van der Waals surface area contributed by atoms with Gasteiger partial charge in [0.1, 0.15) is 0 Å². The van der Waals surface area contributed by atoms with Gasteiger partial charge in [-0.3, -0.25) is 0 Å². The molecule has 1 aromatic carbocycles. The molecule has 0 N–H and O–H groups in total. The first-order chi connectivity index (χ1) is 5.24. The molecule has 0 fully saturated rings. The molecule has 11 heavy (non-hydrogen) atoms. The van der Waals surface area contributed by atoms with Crippen molar-refractivity contribution >= 4 is 15.9 Å². The highest BCUT2D eigenvalue weighted by Gasteiger charge is 1.92. The lowest BCUT2D eigenvalue weighted by molar-refractivity contribution is 0.915. The van der Waals surface area contributed by atoms with Crippen LogP contribution in [0.5, 0.6) is 0 Å². The zero-order chi connectivity index (χ0) is 8.27. The minimum Gasteiger partial charge on any atom is -0.659 e. The van der Waals surface area contributed by atoms with Crippen molar-refractivity contribution in [2.45, 2.75) is 13.0 Å². The van der Waals surface area contributed by atoms with Crippen LogP contribution in [0.4, 0.5) is 0 Å². The Balaban J connectivity index is 2.81. The maximum Gasteiger partial charge on any atom is 0.0175 e. The van der Waals surface area contributed by atoms with Gasteiger partial charge in [0.15, 0.2) is 0 Å². The van der Waals surface area contributed by atoms with Gasteiger partial charge in [-0.2, -0.15) is 7.05 Å². The highest BCUT2D eigenvalue weighted by atomic mass is 79.9. The molecule has 60 valence electrons. The van der Waals surface area contributed by atoms with Crippen molar-refractivity contribution in [2.75, 3.05) is 7.05 Å². The first-order valence-electron chi connectivity index (χ1n) is 3.58. The molecule has 0 aromatic heterocycles. The van der Waals surface area contributed by atoms with Gasteiger partial charge in [0.05, 0.1) is 0 Å². The van der Waals surface area contributed by atoms with Crippen molar-refractivity contribution in [3.05, 3.63) is 39.6 Å². The molecule has 1 nitrogen and oxygen atoms in total. The molecule has 1 unspecified atom stereocenters. The standard InChI is InChI=1S/C9H11BrN/c1-7(11-2)8-3-5-9(10)6-4-8/h3-7H,1-2H3/q-1. The van der Waals surface area contributed by atoms with Gasteiger partial charge in [0.25, 0.3) is 0 Å². The summed E-state index contributed by atoms with van der Waals surface area (Å²) in [5.74, 6) is 0.